The van der Waals surface area contributed by atoms with Crippen LogP contribution in [0.5, 0.6) is 0 Å². The summed E-state index contributed by atoms with van der Waals surface area (Å²) in [5, 5.41) is 0. The van der Waals surface area contributed by atoms with Crippen molar-refractivity contribution in [2.75, 3.05) is 37.6 Å². The molecular formula is C27H32FN3O3. The van der Waals surface area contributed by atoms with Gasteiger partial charge in [0.1, 0.15) is 11.4 Å². The lowest BCUT2D eigenvalue weighted by molar-refractivity contribution is 0.0438. The standard InChI is InChI=1S/C27H32FN3O3/c28-22-9-11-23(12-10-22)31-20-27(34-26(31)33)13-6-17-30(18-14-27)25(32)24-8-3-2-7-21(24)19-29-15-4-1-5-16-29/h2-3,7-12H,1,4-6,13-20H2/t27-/m0/s1. The van der Waals surface area contributed by atoms with Crippen molar-refractivity contribution in [1.29, 1.82) is 0 Å². The summed E-state index contributed by atoms with van der Waals surface area (Å²) in [4.78, 5) is 32.1. The van der Waals surface area contributed by atoms with Crippen molar-refractivity contribution in [3.05, 3.63) is 65.5 Å². The molecule has 3 saturated heterocycles. The first-order valence-electron chi connectivity index (χ1n) is 12.4. The van der Waals surface area contributed by atoms with Gasteiger partial charge in [0.25, 0.3) is 5.91 Å². The zero-order valence-corrected chi connectivity index (χ0v) is 19.5. The molecule has 0 saturated carbocycles. The highest BCUT2D eigenvalue weighted by Crippen LogP contribution is 2.36. The molecule has 6 nitrogen and oxygen atoms in total. The molecule has 1 spiro atoms. The minimum atomic E-state index is -0.617. The summed E-state index contributed by atoms with van der Waals surface area (Å²) in [5.41, 5.74) is 1.88. The minimum absolute atomic E-state index is 0.0596. The van der Waals surface area contributed by atoms with Crippen molar-refractivity contribution in [2.24, 2.45) is 0 Å². The molecule has 0 radical (unpaired) electrons. The zero-order chi connectivity index (χ0) is 23.5. The van der Waals surface area contributed by atoms with Crippen LogP contribution >= 0.6 is 0 Å². The number of carbonyl (C=O) groups is 2. The summed E-state index contributed by atoms with van der Waals surface area (Å²) in [6.45, 7) is 4.60. The summed E-state index contributed by atoms with van der Waals surface area (Å²) in [5.74, 6) is -0.278. The van der Waals surface area contributed by atoms with Crippen molar-refractivity contribution in [3.63, 3.8) is 0 Å². The average molecular weight is 466 g/mol. The Morgan fingerprint density at radius 3 is 2.47 bits per heavy atom. The first kappa shape index (κ1) is 22.8. The lowest BCUT2D eigenvalue weighted by Crippen LogP contribution is -2.38. The number of nitrogens with zero attached hydrogens (tertiary/aromatic N) is 3. The van der Waals surface area contributed by atoms with Gasteiger partial charge in [0.05, 0.1) is 6.54 Å². The summed E-state index contributed by atoms with van der Waals surface area (Å²) in [7, 11) is 0. The molecule has 0 bridgehead atoms. The second kappa shape index (κ2) is 9.74. The van der Waals surface area contributed by atoms with Crippen molar-refractivity contribution >= 4 is 17.7 Å². The maximum absolute atomic E-state index is 13.6. The van der Waals surface area contributed by atoms with Crippen LogP contribution in [0.1, 0.15) is 54.4 Å². The number of hydrogen-bond acceptors (Lipinski definition) is 4. The predicted octanol–water partition coefficient (Wildman–Crippen LogP) is 4.83. The first-order chi connectivity index (χ1) is 16.5. The van der Waals surface area contributed by atoms with E-state index in [-0.39, 0.29) is 11.7 Å². The van der Waals surface area contributed by atoms with E-state index in [1.807, 2.05) is 23.1 Å². The number of amides is 2. The molecule has 3 heterocycles. The van der Waals surface area contributed by atoms with Crippen LogP contribution < -0.4 is 4.90 Å². The van der Waals surface area contributed by atoms with E-state index < -0.39 is 11.7 Å². The van der Waals surface area contributed by atoms with E-state index in [1.165, 1.54) is 31.4 Å². The maximum atomic E-state index is 13.6. The van der Waals surface area contributed by atoms with Gasteiger partial charge in [0.15, 0.2) is 0 Å². The maximum Gasteiger partial charge on any atom is 0.415 e. The van der Waals surface area contributed by atoms with E-state index in [4.69, 9.17) is 4.74 Å². The lowest BCUT2D eigenvalue weighted by atomic mass is 9.95. The van der Waals surface area contributed by atoms with Gasteiger partial charge in [-0.05, 0) is 74.7 Å². The molecule has 2 amide bonds. The smallest absolute Gasteiger partial charge is 0.415 e. The van der Waals surface area contributed by atoms with Crippen molar-refractivity contribution in [2.45, 2.75) is 50.7 Å². The van der Waals surface area contributed by atoms with Gasteiger partial charge < -0.3 is 9.64 Å². The lowest BCUT2D eigenvalue weighted by Gasteiger charge is -2.28. The van der Waals surface area contributed by atoms with Gasteiger partial charge in [-0.25, -0.2) is 9.18 Å². The Morgan fingerprint density at radius 1 is 0.912 bits per heavy atom. The molecule has 2 aromatic rings. The van der Waals surface area contributed by atoms with Gasteiger partial charge in [-0.15, -0.1) is 0 Å². The number of benzene rings is 2. The molecule has 3 aliphatic rings. The summed E-state index contributed by atoms with van der Waals surface area (Å²) in [6.07, 6.45) is 5.39. The van der Waals surface area contributed by atoms with Crippen LogP contribution in [0.3, 0.4) is 0 Å². The molecule has 0 aromatic heterocycles. The topological polar surface area (TPSA) is 53.1 Å². The molecule has 34 heavy (non-hydrogen) atoms. The second-order valence-electron chi connectivity index (χ2n) is 9.75. The highest BCUT2D eigenvalue weighted by atomic mass is 19.1. The van der Waals surface area contributed by atoms with Crippen LogP contribution in [-0.4, -0.2) is 60.1 Å². The molecule has 0 N–H and O–H groups in total. The van der Waals surface area contributed by atoms with Gasteiger partial charge >= 0.3 is 6.09 Å². The fourth-order valence-corrected chi connectivity index (χ4v) is 5.47. The Labute approximate surface area is 200 Å². The van der Waals surface area contributed by atoms with Crippen LogP contribution in [0.4, 0.5) is 14.9 Å². The average Bonchev–Trinajstić information content (AvgIpc) is 3.04. The Hall–Kier alpha value is -2.93. The molecule has 0 aliphatic carbocycles. The Kier molecular flexibility index (Phi) is 6.55. The quantitative estimate of drug-likeness (QED) is 0.649. The molecule has 3 fully saturated rings. The predicted molar refractivity (Wildman–Crippen MR) is 128 cm³/mol. The number of carbonyl (C=O) groups excluding carboxylic acids is 2. The van der Waals surface area contributed by atoms with Gasteiger partial charge in [-0.3, -0.25) is 14.6 Å². The molecule has 180 valence electrons. The van der Waals surface area contributed by atoms with E-state index in [0.717, 1.165) is 37.2 Å². The fourth-order valence-electron chi connectivity index (χ4n) is 5.47. The summed E-state index contributed by atoms with van der Waals surface area (Å²) >= 11 is 0. The number of anilines is 1. The van der Waals surface area contributed by atoms with Crippen molar-refractivity contribution in [1.82, 2.24) is 9.80 Å². The van der Waals surface area contributed by atoms with E-state index in [1.54, 1.807) is 17.0 Å². The fraction of sp³-hybridized carbons (Fsp3) is 0.481. The van der Waals surface area contributed by atoms with Gasteiger partial charge in [-0.2, -0.15) is 0 Å². The third-order valence-electron chi connectivity index (χ3n) is 7.38. The normalized spacial score (nSPS) is 23.7. The number of ether oxygens (including phenoxy) is 1. The SMILES string of the molecule is O=C(c1ccccc1CN1CCCCC1)N1CCC[C@]2(CC1)CN(c1ccc(F)cc1)C(=O)O2. The Balaban J connectivity index is 1.27. The van der Waals surface area contributed by atoms with Gasteiger partial charge in [-0.1, -0.05) is 24.6 Å². The van der Waals surface area contributed by atoms with E-state index in [9.17, 15) is 14.0 Å². The molecule has 1 atom stereocenters. The largest absolute Gasteiger partial charge is 0.441 e. The summed E-state index contributed by atoms with van der Waals surface area (Å²) < 4.78 is 19.2. The van der Waals surface area contributed by atoms with E-state index in [2.05, 4.69) is 11.0 Å². The van der Waals surface area contributed by atoms with Crippen LogP contribution in [0.25, 0.3) is 0 Å². The highest BCUT2D eigenvalue weighted by Gasteiger charge is 2.46. The van der Waals surface area contributed by atoms with Crippen LogP contribution in [0.2, 0.25) is 0 Å². The van der Waals surface area contributed by atoms with Crippen LogP contribution in [0, 0.1) is 5.82 Å². The zero-order valence-electron chi connectivity index (χ0n) is 19.5. The Morgan fingerprint density at radius 2 is 1.68 bits per heavy atom. The number of likely N-dealkylation sites (tertiary alicyclic amines) is 2. The molecule has 7 heteroatoms. The van der Waals surface area contributed by atoms with Crippen LogP contribution in [-0.2, 0) is 11.3 Å². The third kappa shape index (κ3) is 4.80. The molecule has 5 rings (SSSR count). The van der Waals surface area contributed by atoms with Crippen LogP contribution in [0.15, 0.2) is 48.5 Å². The van der Waals surface area contributed by atoms with Gasteiger partial charge in [0.2, 0.25) is 0 Å². The summed E-state index contributed by atoms with van der Waals surface area (Å²) in [6, 6.07) is 13.9. The third-order valence-corrected chi connectivity index (χ3v) is 7.38. The number of rotatable bonds is 4. The first-order valence-corrected chi connectivity index (χ1v) is 12.4. The van der Waals surface area contributed by atoms with Gasteiger partial charge in [0, 0.05) is 37.3 Å². The van der Waals surface area contributed by atoms with E-state index >= 15 is 0 Å². The highest BCUT2D eigenvalue weighted by molar-refractivity contribution is 5.96. The molecule has 2 aromatic carbocycles. The molecular weight excluding hydrogens is 433 g/mol. The Bertz CT molecular complexity index is 1040. The number of halogens is 1. The monoisotopic (exact) mass is 465 g/mol. The van der Waals surface area contributed by atoms with Crippen molar-refractivity contribution in [3.8, 4) is 0 Å². The van der Waals surface area contributed by atoms with Crippen molar-refractivity contribution < 1.29 is 18.7 Å². The molecule has 0 unspecified atom stereocenters. The minimum Gasteiger partial charge on any atom is -0.441 e. The number of piperidine rings is 1. The molecule has 3 aliphatic heterocycles. The second-order valence-corrected chi connectivity index (χ2v) is 9.75. The number of hydrogen-bond donors (Lipinski definition) is 0. The van der Waals surface area contributed by atoms with E-state index in [0.29, 0.717) is 38.2 Å².